The molecule has 2 aromatic heterocycles. The molecule has 0 amide bonds. The largest absolute Gasteiger partial charge is 0.497 e. The fraction of sp³-hybridized carbons (Fsp3) is 0.133. The normalized spacial score (nSPS) is 13.4. The zero-order valence-corrected chi connectivity index (χ0v) is 20.3. The minimum Gasteiger partial charge on any atom is -0.497 e. The minimum atomic E-state index is 0.406. The highest BCUT2D eigenvalue weighted by molar-refractivity contribution is 6.08. The van der Waals surface area contributed by atoms with Crippen LogP contribution in [0.3, 0.4) is 0 Å². The fourth-order valence-corrected chi connectivity index (χ4v) is 3.98. The molecular formula is C30H27N3O3. The van der Waals surface area contributed by atoms with Gasteiger partial charge in [0.1, 0.15) is 23.9 Å². The molecule has 1 aliphatic rings. The van der Waals surface area contributed by atoms with Gasteiger partial charge < -0.3 is 19.2 Å². The molecule has 1 N–H and O–H groups in total. The summed E-state index contributed by atoms with van der Waals surface area (Å²) in [5.74, 6) is 2.31. The molecule has 0 unspecified atom stereocenters. The molecule has 1 aliphatic heterocycles. The van der Waals surface area contributed by atoms with E-state index < -0.39 is 0 Å². The first kappa shape index (κ1) is 23.2. The molecule has 0 spiro atoms. The molecule has 5 rings (SSSR count). The van der Waals surface area contributed by atoms with E-state index in [1.165, 1.54) is 0 Å². The SMILES string of the molecule is COc1ccc2[nH]cc(/C=C/C3=CC(/C=C/c4ccc(OCc5ccccn5)cc4OC)=NC3)c2c1. The Morgan fingerprint density at radius 1 is 0.889 bits per heavy atom. The molecule has 0 radical (unpaired) electrons. The number of hydrogen-bond donors (Lipinski definition) is 1. The van der Waals surface area contributed by atoms with Gasteiger partial charge in [0, 0.05) is 34.9 Å². The third-order valence-corrected chi connectivity index (χ3v) is 5.93. The van der Waals surface area contributed by atoms with Crippen molar-refractivity contribution in [3.8, 4) is 17.2 Å². The Morgan fingerprint density at radius 2 is 1.78 bits per heavy atom. The molecule has 0 saturated heterocycles. The van der Waals surface area contributed by atoms with Gasteiger partial charge in [-0.1, -0.05) is 18.2 Å². The van der Waals surface area contributed by atoms with Crippen LogP contribution in [-0.4, -0.2) is 36.4 Å². The van der Waals surface area contributed by atoms with E-state index in [1.807, 2.05) is 72.9 Å². The molecule has 6 heteroatoms. The average molecular weight is 478 g/mol. The number of hydrogen-bond acceptors (Lipinski definition) is 5. The number of allylic oxidation sites excluding steroid dienone is 2. The summed E-state index contributed by atoms with van der Waals surface area (Å²) in [4.78, 5) is 12.2. The van der Waals surface area contributed by atoms with Crippen molar-refractivity contribution < 1.29 is 14.2 Å². The van der Waals surface area contributed by atoms with E-state index in [9.17, 15) is 0 Å². The number of aromatic nitrogens is 2. The molecule has 180 valence electrons. The standard InChI is InChI=1S/C30H27N3O3/c1-34-26-12-13-29-28(16-26)23(19-33-29)7-6-21-15-24(32-18-21)10-8-22-9-11-27(17-30(22)35-2)36-20-25-5-3-4-14-31-25/h3-17,19,33H,18,20H2,1-2H3/b7-6+,10-8+. The van der Waals surface area contributed by atoms with Crippen molar-refractivity contribution in [3.63, 3.8) is 0 Å². The number of rotatable bonds is 9. The van der Waals surface area contributed by atoms with Crippen molar-refractivity contribution in [2.75, 3.05) is 20.8 Å². The molecule has 0 atom stereocenters. The highest BCUT2D eigenvalue weighted by Gasteiger charge is 2.07. The lowest BCUT2D eigenvalue weighted by atomic mass is 10.1. The van der Waals surface area contributed by atoms with Crippen molar-refractivity contribution in [1.82, 2.24) is 9.97 Å². The van der Waals surface area contributed by atoms with E-state index in [-0.39, 0.29) is 0 Å². The Balaban J connectivity index is 1.24. The second kappa shape index (κ2) is 10.8. The number of nitrogens with zero attached hydrogens (tertiary/aromatic N) is 2. The van der Waals surface area contributed by atoms with Crippen molar-refractivity contribution in [3.05, 3.63) is 108 Å². The molecule has 3 heterocycles. The molecule has 2 aromatic carbocycles. The maximum Gasteiger partial charge on any atom is 0.130 e. The number of pyridine rings is 1. The molecular weight excluding hydrogens is 450 g/mol. The Labute approximate surface area is 210 Å². The van der Waals surface area contributed by atoms with Gasteiger partial charge in [-0.15, -0.1) is 0 Å². The monoisotopic (exact) mass is 477 g/mol. The number of H-pyrrole nitrogens is 1. The van der Waals surface area contributed by atoms with Crippen LogP contribution in [-0.2, 0) is 6.61 Å². The molecule has 4 aromatic rings. The first-order chi connectivity index (χ1) is 17.7. The maximum atomic E-state index is 5.86. The van der Waals surface area contributed by atoms with Gasteiger partial charge in [0.05, 0.1) is 32.2 Å². The van der Waals surface area contributed by atoms with Crippen LogP contribution in [0, 0.1) is 0 Å². The van der Waals surface area contributed by atoms with Gasteiger partial charge in [-0.3, -0.25) is 9.98 Å². The van der Waals surface area contributed by atoms with E-state index in [0.29, 0.717) is 13.2 Å². The Bertz CT molecular complexity index is 1480. The summed E-state index contributed by atoms with van der Waals surface area (Å²) in [6.07, 6.45) is 14.1. The zero-order chi connectivity index (χ0) is 24.7. The van der Waals surface area contributed by atoms with Gasteiger partial charge in [0.15, 0.2) is 0 Å². The number of aromatic amines is 1. The van der Waals surface area contributed by atoms with Crippen molar-refractivity contribution in [2.24, 2.45) is 4.99 Å². The number of methoxy groups -OCH3 is 2. The molecule has 36 heavy (non-hydrogen) atoms. The minimum absolute atomic E-state index is 0.406. The van der Waals surface area contributed by atoms with Crippen LogP contribution in [0.4, 0.5) is 0 Å². The van der Waals surface area contributed by atoms with E-state index in [4.69, 9.17) is 14.2 Å². The summed E-state index contributed by atoms with van der Waals surface area (Å²) < 4.78 is 16.8. The van der Waals surface area contributed by atoms with Crippen LogP contribution in [0.15, 0.2) is 95.8 Å². The van der Waals surface area contributed by atoms with Crippen molar-refractivity contribution in [2.45, 2.75) is 6.61 Å². The lowest BCUT2D eigenvalue weighted by molar-refractivity contribution is 0.299. The van der Waals surface area contributed by atoms with E-state index in [1.54, 1.807) is 20.4 Å². The average Bonchev–Trinajstić information content (AvgIpc) is 3.56. The van der Waals surface area contributed by atoms with Crippen molar-refractivity contribution >= 4 is 28.8 Å². The van der Waals surface area contributed by atoms with Crippen LogP contribution >= 0.6 is 0 Å². The van der Waals surface area contributed by atoms with Gasteiger partial charge >= 0.3 is 0 Å². The lowest BCUT2D eigenvalue weighted by Crippen LogP contribution is -1.98. The number of aliphatic imine (C=N–C) groups is 1. The summed E-state index contributed by atoms with van der Waals surface area (Å²) in [6, 6.07) is 17.6. The second-order valence-electron chi connectivity index (χ2n) is 8.30. The van der Waals surface area contributed by atoms with Crippen LogP contribution in [0.2, 0.25) is 0 Å². The number of nitrogens with one attached hydrogen (secondary N) is 1. The summed E-state index contributed by atoms with van der Waals surface area (Å²) in [5.41, 5.74) is 6.10. The Hall–Kier alpha value is -4.58. The van der Waals surface area contributed by atoms with Crippen LogP contribution in [0.25, 0.3) is 23.1 Å². The third-order valence-electron chi connectivity index (χ3n) is 5.93. The van der Waals surface area contributed by atoms with E-state index in [0.717, 1.165) is 56.3 Å². The van der Waals surface area contributed by atoms with Crippen LogP contribution in [0.1, 0.15) is 16.8 Å². The topological polar surface area (TPSA) is 68.7 Å². The molecule has 0 bridgehead atoms. The zero-order valence-electron chi connectivity index (χ0n) is 20.3. The highest BCUT2D eigenvalue weighted by atomic mass is 16.5. The quantitative estimate of drug-likeness (QED) is 0.309. The molecule has 6 nitrogen and oxygen atoms in total. The van der Waals surface area contributed by atoms with E-state index in [2.05, 4.69) is 33.2 Å². The third kappa shape index (κ3) is 5.39. The van der Waals surface area contributed by atoms with Gasteiger partial charge in [-0.25, -0.2) is 0 Å². The lowest BCUT2D eigenvalue weighted by Gasteiger charge is -2.09. The molecule has 0 aliphatic carbocycles. The molecule has 0 fully saturated rings. The summed E-state index contributed by atoms with van der Waals surface area (Å²) >= 11 is 0. The predicted molar refractivity (Wildman–Crippen MR) is 145 cm³/mol. The van der Waals surface area contributed by atoms with E-state index >= 15 is 0 Å². The number of benzene rings is 2. The van der Waals surface area contributed by atoms with Gasteiger partial charge in [-0.2, -0.15) is 0 Å². The fourth-order valence-electron chi connectivity index (χ4n) is 3.98. The number of fused-ring (bicyclic) bond motifs is 1. The van der Waals surface area contributed by atoms with Crippen LogP contribution < -0.4 is 14.2 Å². The summed E-state index contributed by atoms with van der Waals surface area (Å²) in [7, 11) is 3.34. The van der Waals surface area contributed by atoms with Crippen LogP contribution in [0.5, 0.6) is 17.2 Å². The number of ether oxygens (including phenoxy) is 3. The van der Waals surface area contributed by atoms with Crippen molar-refractivity contribution in [1.29, 1.82) is 0 Å². The highest BCUT2D eigenvalue weighted by Crippen LogP contribution is 2.27. The summed E-state index contributed by atoms with van der Waals surface area (Å²) in [6.45, 7) is 1.06. The maximum absolute atomic E-state index is 5.86. The smallest absolute Gasteiger partial charge is 0.130 e. The second-order valence-corrected chi connectivity index (χ2v) is 8.30. The Kier molecular flexibility index (Phi) is 6.94. The van der Waals surface area contributed by atoms with Gasteiger partial charge in [-0.05, 0) is 71.8 Å². The first-order valence-corrected chi connectivity index (χ1v) is 11.7. The summed E-state index contributed by atoms with van der Waals surface area (Å²) in [5, 5.41) is 1.13. The van der Waals surface area contributed by atoms with Gasteiger partial charge in [0.25, 0.3) is 0 Å². The molecule has 0 saturated carbocycles. The Morgan fingerprint density at radius 3 is 2.61 bits per heavy atom. The first-order valence-electron chi connectivity index (χ1n) is 11.7. The predicted octanol–water partition coefficient (Wildman–Crippen LogP) is 6.27. The van der Waals surface area contributed by atoms with Gasteiger partial charge in [0.2, 0.25) is 0 Å².